The van der Waals surface area contributed by atoms with Crippen LogP contribution in [0.2, 0.25) is 0 Å². The molecular weight excluding hydrogens is 308 g/mol. The van der Waals surface area contributed by atoms with E-state index in [0.29, 0.717) is 12.0 Å². The molecule has 0 spiro atoms. The Kier molecular flexibility index (Phi) is 5.00. The second-order valence-corrected chi connectivity index (χ2v) is 6.18. The molecule has 0 amide bonds. The third-order valence-electron chi connectivity index (χ3n) is 3.84. The SMILES string of the molecule is CCC1OCCC1C(NN)c1c(Br)cnn1C(C)C. The molecule has 3 N–H and O–H groups in total. The number of nitrogens with two attached hydrogens (primary N) is 1. The monoisotopic (exact) mass is 330 g/mol. The molecule has 1 aliphatic heterocycles. The lowest BCUT2D eigenvalue weighted by atomic mass is 9.89. The fourth-order valence-electron chi connectivity index (χ4n) is 2.93. The highest BCUT2D eigenvalue weighted by molar-refractivity contribution is 9.10. The molecule has 1 aromatic rings. The van der Waals surface area contributed by atoms with Crippen molar-refractivity contribution in [1.29, 1.82) is 0 Å². The average molecular weight is 331 g/mol. The number of nitrogens with zero attached hydrogens (tertiary/aromatic N) is 2. The first-order valence-electron chi connectivity index (χ1n) is 6.90. The summed E-state index contributed by atoms with van der Waals surface area (Å²) in [6, 6.07) is 0.367. The molecule has 2 rings (SSSR count). The Morgan fingerprint density at radius 2 is 2.37 bits per heavy atom. The first-order valence-corrected chi connectivity index (χ1v) is 7.70. The van der Waals surface area contributed by atoms with Crippen LogP contribution in [0.15, 0.2) is 10.7 Å². The number of nitrogens with one attached hydrogen (secondary N) is 1. The van der Waals surface area contributed by atoms with E-state index in [4.69, 9.17) is 10.6 Å². The van der Waals surface area contributed by atoms with Gasteiger partial charge in [0.05, 0.1) is 28.5 Å². The molecule has 19 heavy (non-hydrogen) atoms. The van der Waals surface area contributed by atoms with E-state index in [9.17, 15) is 0 Å². The van der Waals surface area contributed by atoms with Crippen LogP contribution < -0.4 is 11.3 Å². The number of ether oxygens (including phenoxy) is 1. The molecule has 0 aliphatic carbocycles. The predicted molar refractivity (Wildman–Crippen MR) is 78.5 cm³/mol. The number of halogens is 1. The van der Waals surface area contributed by atoms with Gasteiger partial charge in [-0.25, -0.2) is 0 Å². The highest BCUT2D eigenvalue weighted by Crippen LogP contribution is 2.37. The van der Waals surface area contributed by atoms with Crippen molar-refractivity contribution in [3.8, 4) is 0 Å². The second kappa shape index (κ2) is 6.35. The van der Waals surface area contributed by atoms with Gasteiger partial charge in [0.1, 0.15) is 0 Å². The molecule has 0 aromatic carbocycles. The Labute approximate surface area is 123 Å². The minimum atomic E-state index is 0.0618. The number of hydrogen-bond donors (Lipinski definition) is 2. The van der Waals surface area contributed by atoms with Gasteiger partial charge in [-0.15, -0.1) is 0 Å². The normalized spacial score (nSPS) is 25.2. The Hall–Kier alpha value is -0.430. The molecule has 3 unspecified atom stereocenters. The number of rotatable bonds is 5. The zero-order valence-electron chi connectivity index (χ0n) is 11.8. The molecule has 1 fully saturated rings. The largest absolute Gasteiger partial charge is 0.378 e. The molecule has 5 nitrogen and oxygen atoms in total. The lowest BCUT2D eigenvalue weighted by Crippen LogP contribution is -2.38. The maximum absolute atomic E-state index is 5.83. The van der Waals surface area contributed by atoms with E-state index >= 15 is 0 Å². The quantitative estimate of drug-likeness (QED) is 0.643. The third kappa shape index (κ3) is 2.86. The lowest BCUT2D eigenvalue weighted by molar-refractivity contribution is 0.0761. The molecular formula is C13H23BrN4O. The maximum Gasteiger partial charge on any atom is 0.0716 e. The Bertz CT molecular complexity index is 421. The molecule has 2 heterocycles. The summed E-state index contributed by atoms with van der Waals surface area (Å²) in [5.74, 6) is 6.22. The van der Waals surface area contributed by atoms with Crippen molar-refractivity contribution in [1.82, 2.24) is 15.2 Å². The van der Waals surface area contributed by atoms with Crippen molar-refractivity contribution in [2.75, 3.05) is 6.61 Å². The molecule has 108 valence electrons. The number of hydrazine groups is 1. The summed E-state index contributed by atoms with van der Waals surface area (Å²) < 4.78 is 8.83. The Balaban J connectivity index is 2.34. The lowest BCUT2D eigenvalue weighted by Gasteiger charge is -2.28. The summed E-state index contributed by atoms with van der Waals surface area (Å²) in [6.07, 6.45) is 4.15. The molecule has 1 saturated heterocycles. The minimum absolute atomic E-state index is 0.0618. The Morgan fingerprint density at radius 1 is 1.63 bits per heavy atom. The van der Waals surface area contributed by atoms with Crippen molar-refractivity contribution >= 4 is 15.9 Å². The summed E-state index contributed by atoms with van der Waals surface area (Å²) in [6.45, 7) is 7.22. The molecule has 0 saturated carbocycles. The zero-order chi connectivity index (χ0) is 14.0. The van der Waals surface area contributed by atoms with Gasteiger partial charge in [-0.05, 0) is 42.6 Å². The van der Waals surface area contributed by atoms with E-state index in [1.54, 1.807) is 0 Å². The van der Waals surface area contributed by atoms with Crippen molar-refractivity contribution < 1.29 is 4.74 Å². The van der Waals surface area contributed by atoms with Crippen LogP contribution in [0.4, 0.5) is 0 Å². The van der Waals surface area contributed by atoms with E-state index in [1.807, 2.05) is 10.9 Å². The van der Waals surface area contributed by atoms with E-state index in [-0.39, 0.29) is 12.1 Å². The highest BCUT2D eigenvalue weighted by Gasteiger charge is 2.36. The third-order valence-corrected chi connectivity index (χ3v) is 4.45. The van der Waals surface area contributed by atoms with Crippen molar-refractivity contribution in [3.63, 3.8) is 0 Å². The standard InChI is InChI=1S/C13H23BrN4O/c1-4-11-9(5-6-19-11)12(17-15)13-10(14)7-16-18(13)8(2)3/h7-9,11-12,17H,4-6,15H2,1-3H3. The van der Waals surface area contributed by atoms with E-state index in [0.717, 1.165) is 29.6 Å². The van der Waals surface area contributed by atoms with Crippen LogP contribution in [0.3, 0.4) is 0 Å². The van der Waals surface area contributed by atoms with Crippen LogP contribution in [-0.2, 0) is 4.74 Å². The minimum Gasteiger partial charge on any atom is -0.378 e. The molecule has 1 aromatic heterocycles. The topological polar surface area (TPSA) is 65.1 Å². The van der Waals surface area contributed by atoms with Gasteiger partial charge in [0.15, 0.2) is 0 Å². The van der Waals surface area contributed by atoms with Crippen LogP contribution in [-0.4, -0.2) is 22.5 Å². The van der Waals surface area contributed by atoms with Gasteiger partial charge in [-0.2, -0.15) is 5.10 Å². The zero-order valence-corrected chi connectivity index (χ0v) is 13.4. The molecule has 0 radical (unpaired) electrons. The second-order valence-electron chi connectivity index (χ2n) is 5.33. The van der Waals surface area contributed by atoms with Gasteiger partial charge >= 0.3 is 0 Å². The predicted octanol–water partition coefficient (Wildman–Crippen LogP) is 2.55. The summed E-state index contributed by atoms with van der Waals surface area (Å²) in [5.41, 5.74) is 4.09. The van der Waals surface area contributed by atoms with Crippen LogP contribution in [0.1, 0.15) is 51.4 Å². The Morgan fingerprint density at radius 3 is 2.95 bits per heavy atom. The fourth-order valence-corrected chi connectivity index (χ4v) is 3.45. The first-order chi connectivity index (χ1) is 9.10. The summed E-state index contributed by atoms with van der Waals surface area (Å²) in [7, 11) is 0. The van der Waals surface area contributed by atoms with Gasteiger partial charge in [0.2, 0.25) is 0 Å². The summed E-state index contributed by atoms with van der Waals surface area (Å²) in [5, 5.41) is 4.44. The smallest absolute Gasteiger partial charge is 0.0716 e. The van der Waals surface area contributed by atoms with Crippen LogP contribution >= 0.6 is 15.9 Å². The fraction of sp³-hybridized carbons (Fsp3) is 0.769. The molecule has 1 aliphatic rings. The molecule has 6 heteroatoms. The van der Waals surface area contributed by atoms with E-state index in [2.05, 4.69) is 47.2 Å². The van der Waals surface area contributed by atoms with Gasteiger partial charge in [-0.3, -0.25) is 16.0 Å². The molecule has 0 bridgehead atoms. The van der Waals surface area contributed by atoms with Crippen molar-refractivity contribution in [2.45, 2.75) is 51.8 Å². The van der Waals surface area contributed by atoms with Gasteiger partial charge in [-0.1, -0.05) is 6.92 Å². The highest BCUT2D eigenvalue weighted by atomic mass is 79.9. The summed E-state index contributed by atoms with van der Waals surface area (Å²) in [4.78, 5) is 0. The van der Waals surface area contributed by atoms with E-state index < -0.39 is 0 Å². The van der Waals surface area contributed by atoms with Crippen LogP contribution in [0.25, 0.3) is 0 Å². The molecule has 3 atom stereocenters. The maximum atomic E-state index is 5.83. The van der Waals surface area contributed by atoms with Gasteiger partial charge < -0.3 is 4.74 Å². The van der Waals surface area contributed by atoms with Gasteiger partial charge in [0, 0.05) is 18.6 Å². The number of aromatic nitrogens is 2. The van der Waals surface area contributed by atoms with Crippen LogP contribution in [0, 0.1) is 5.92 Å². The van der Waals surface area contributed by atoms with E-state index in [1.165, 1.54) is 0 Å². The summed E-state index contributed by atoms with van der Waals surface area (Å²) >= 11 is 3.60. The first kappa shape index (κ1) is 15.0. The van der Waals surface area contributed by atoms with Crippen molar-refractivity contribution in [3.05, 3.63) is 16.4 Å². The van der Waals surface area contributed by atoms with Crippen molar-refractivity contribution in [2.24, 2.45) is 11.8 Å². The van der Waals surface area contributed by atoms with Crippen LogP contribution in [0.5, 0.6) is 0 Å². The average Bonchev–Trinajstić information content (AvgIpc) is 2.98. The van der Waals surface area contributed by atoms with Gasteiger partial charge in [0.25, 0.3) is 0 Å². The number of hydrogen-bond acceptors (Lipinski definition) is 4.